The van der Waals surface area contributed by atoms with Crippen LogP contribution in [0.4, 0.5) is 15.8 Å². The molecule has 0 heterocycles. The summed E-state index contributed by atoms with van der Waals surface area (Å²) >= 11 is 0. The van der Waals surface area contributed by atoms with E-state index in [9.17, 15) is 9.18 Å². The number of carbonyl (C=O) groups excluding carboxylic acids is 1. The minimum absolute atomic E-state index is 0.314. The second-order valence-electron chi connectivity index (χ2n) is 6.02. The van der Waals surface area contributed by atoms with Gasteiger partial charge >= 0.3 is 5.97 Å². The van der Waals surface area contributed by atoms with Gasteiger partial charge < -0.3 is 10.1 Å². The number of rotatable bonds is 6. The van der Waals surface area contributed by atoms with E-state index in [1.54, 1.807) is 18.2 Å². The molecular formula is C23H20FNO2. The van der Waals surface area contributed by atoms with Gasteiger partial charge in [-0.2, -0.15) is 0 Å². The van der Waals surface area contributed by atoms with Crippen LogP contribution in [0.2, 0.25) is 0 Å². The molecule has 136 valence electrons. The van der Waals surface area contributed by atoms with Crippen molar-refractivity contribution in [1.29, 1.82) is 0 Å². The van der Waals surface area contributed by atoms with E-state index >= 15 is 0 Å². The average molecular weight is 361 g/mol. The number of carbonyl (C=O) groups is 1. The normalized spacial score (nSPS) is 10.7. The first-order chi connectivity index (χ1) is 13.2. The summed E-state index contributed by atoms with van der Waals surface area (Å²) < 4.78 is 18.0. The van der Waals surface area contributed by atoms with Gasteiger partial charge in [-0.3, -0.25) is 0 Å². The van der Waals surface area contributed by atoms with E-state index in [2.05, 4.69) is 23.5 Å². The van der Waals surface area contributed by atoms with Crippen molar-refractivity contribution < 1.29 is 13.9 Å². The number of esters is 1. The average Bonchev–Trinajstić information content (AvgIpc) is 2.70. The zero-order chi connectivity index (χ0) is 19.1. The number of ether oxygens (including phenoxy) is 1. The van der Waals surface area contributed by atoms with Crippen LogP contribution in [-0.2, 0) is 11.2 Å². The maximum absolute atomic E-state index is 13.1. The number of methoxy groups -OCH3 is 1. The predicted molar refractivity (Wildman–Crippen MR) is 107 cm³/mol. The fourth-order valence-corrected chi connectivity index (χ4v) is 2.69. The van der Waals surface area contributed by atoms with E-state index in [4.69, 9.17) is 4.74 Å². The summed E-state index contributed by atoms with van der Waals surface area (Å²) in [5, 5.41) is 3.16. The van der Waals surface area contributed by atoms with Gasteiger partial charge in [0.25, 0.3) is 0 Å². The van der Waals surface area contributed by atoms with Crippen molar-refractivity contribution in [2.75, 3.05) is 12.4 Å². The minimum Gasteiger partial charge on any atom is -0.465 e. The lowest BCUT2D eigenvalue weighted by molar-refractivity contribution is 0.0602. The summed E-state index contributed by atoms with van der Waals surface area (Å²) in [5.41, 5.74) is 3.89. The molecule has 0 bridgehead atoms. The Hall–Kier alpha value is -3.40. The molecule has 0 aliphatic heterocycles. The quantitative estimate of drug-likeness (QED) is 0.580. The Balaban J connectivity index is 1.83. The highest BCUT2D eigenvalue weighted by Crippen LogP contribution is 2.24. The van der Waals surface area contributed by atoms with Crippen LogP contribution in [-0.4, -0.2) is 13.1 Å². The number of allylic oxidation sites excluding steroid dienone is 1. The van der Waals surface area contributed by atoms with Crippen LogP contribution in [0.15, 0.2) is 78.9 Å². The molecule has 3 aromatic carbocycles. The third-order valence-corrected chi connectivity index (χ3v) is 4.08. The van der Waals surface area contributed by atoms with Gasteiger partial charge in [0.05, 0.1) is 18.4 Å². The monoisotopic (exact) mass is 361 g/mol. The number of anilines is 2. The van der Waals surface area contributed by atoms with Crippen LogP contribution in [0.5, 0.6) is 0 Å². The smallest absolute Gasteiger partial charge is 0.339 e. The van der Waals surface area contributed by atoms with Gasteiger partial charge in [-0.05, 0) is 53.9 Å². The summed E-state index contributed by atoms with van der Waals surface area (Å²) in [5.74, 6) is -0.745. The molecule has 0 unspecified atom stereocenters. The molecular weight excluding hydrogens is 341 g/mol. The zero-order valence-electron chi connectivity index (χ0n) is 15.0. The Morgan fingerprint density at radius 1 is 1.04 bits per heavy atom. The van der Waals surface area contributed by atoms with Gasteiger partial charge in [0, 0.05) is 5.69 Å². The molecule has 0 fully saturated rings. The van der Waals surface area contributed by atoms with E-state index in [0.717, 1.165) is 12.0 Å². The summed E-state index contributed by atoms with van der Waals surface area (Å²) in [6, 6.07) is 21.6. The molecule has 0 radical (unpaired) electrons. The van der Waals surface area contributed by atoms with Crippen molar-refractivity contribution in [3.63, 3.8) is 0 Å². The molecule has 0 saturated carbocycles. The van der Waals surface area contributed by atoms with Gasteiger partial charge in [-0.25, -0.2) is 9.18 Å². The molecule has 0 aliphatic carbocycles. The Bertz CT molecular complexity index is 934. The van der Waals surface area contributed by atoms with Crippen molar-refractivity contribution >= 4 is 23.4 Å². The van der Waals surface area contributed by atoms with Crippen LogP contribution in [0.1, 0.15) is 21.5 Å². The summed E-state index contributed by atoms with van der Waals surface area (Å²) in [6.07, 6.45) is 4.90. The van der Waals surface area contributed by atoms with Gasteiger partial charge in [-0.15, -0.1) is 0 Å². The topological polar surface area (TPSA) is 38.3 Å². The van der Waals surface area contributed by atoms with E-state index in [1.807, 2.05) is 36.4 Å². The molecule has 3 nitrogen and oxygen atoms in total. The van der Waals surface area contributed by atoms with Crippen LogP contribution in [0.25, 0.3) is 6.08 Å². The third kappa shape index (κ3) is 5.05. The molecule has 27 heavy (non-hydrogen) atoms. The van der Waals surface area contributed by atoms with Crippen molar-refractivity contribution in [2.45, 2.75) is 6.42 Å². The van der Waals surface area contributed by atoms with Crippen LogP contribution < -0.4 is 5.32 Å². The molecule has 3 rings (SSSR count). The number of halogens is 1. The third-order valence-electron chi connectivity index (χ3n) is 4.08. The molecule has 0 spiro atoms. The fourth-order valence-electron chi connectivity index (χ4n) is 2.69. The molecule has 3 aromatic rings. The Labute approximate surface area is 158 Å². The van der Waals surface area contributed by atoms with E-state index in [-0.39, 0.29) is 5.82 Å². The van der Waals surface area contributed by atoms with Gasteiger partial charge in [0.15, 0.2) is 0 Å². The van der Waals surface area contributed by atoms with Gasteiger partial charge in [-0.1, -0.05) is 48.6 Å². The molecule has 0 saturated heterocycles. The summed E-state index contributed by atoms with van der Waals surface area (Å²) in [6.45, 7) is 0. The summed E-state index contributed by atoms with van der Waals surface area (Å²) in [7, 11) is 1.34. The van der Waals surface area contributed by atoms with E-state index < -0.39 is 5.97 Å². The molecule has 0 amide bonds. The first-order valence-electron chi connectivity index (χ1n) is 8.61. The lowest BCUT2D eigenvalue weighted by Crippen LogP contribution is -2.06. The Kier molecular flexibility index (Phi) is 6.00. The maximum atomic E-state index is 13.1. The SMILES string of the molecule is COC(=O)c1ccc(/C=C/Cc2ccccc2)cc1Nc1ccc(F)cc1. The highest BCUT2D eigenvalue weighted by atomic mass is 19.1. The minimum atomic E-state index is -0.431. The first-order valence-corrected chi connectivity index (χ1v) is 8.61. The fraction of sp³-hybridized carbons (Fsp3) is 0.0870. The maximum Gasteiger partial charge on any atom is 0.339 e. The lowest BCUT2D eigenvalue weighted by Gasteiger charge is -2.12. The van der Waals surface area contributed by atoms with Crippen molar-refractivity contribution in [2.24, 2.45) is 0 Å². The number of benzene rings is 3. The number of nitrogens with one attached hydrogen (secondary N) is 1. The summed E-state index contributed by atoms with van der Waals surface area (Å²) in [4.78, 5) is 12.0. The van der Waals surface area contributed by atoms with E-state index in [1.165, 1.54) is 24.8 Å². The van der Waals surface area contributed by atoms with E-state index in [0.29, 0.717) is 16.9 Å². The highest BCUT2D eigenvalue weighted by molar-refractivity contribution is 5.97. The van der Waals surface area contributed by atoms with Crippen LogP contribution in [0, 0.1) is 5.82 Å². The second kappa shape index (κ2) is 8.81. The standard InChI is InChI=1S/C23H20FNO2/c1-27-23(26)21-15-10-18(9-5-8-17-6-3-2-4-7-17)16-22(21)25-20-13-11-19(24)12-14-20/h2-7,9-16,25H,8H2,1H3/b9-5+. The second-order valence-corrected chi connectivity index (χ2v) is 6.02. The zero-order valence-corrected chi connectivity index (χ0v) is 15.0. The van der Waals surface area contributed by atoms with Crippen LogP contribution in [0.3, 0.4) is 0 Å². The lowest BCUT2D eigenvalue weighted by atomic mass is 10.1. The molecule has 0 atom stereocenters. The van der Waals surface area contributed by atoms with Crippen molar-refractivity contribution in [1.82, 2.24) is 0 Å². The first kappa shape index (κ1) is 18.4. The Morgan fingerprint density at radius 2 is 1.78 bits per heavy atom. The Morgan fingerprint density at radius 3 is 2.48 bits per heavy atom. The predicted octanol–water partition coefficient (Wildman–Crippen LogP) is 5.61. The molecule has 0 aliphatic rings. The molecule has 0 aromatic heterocycles. The molecule has 4 heteroatoms. The van der Waals surface area contributed by atoms with Gasteiger partial charge in [0.2, 0.25) is 0 Å². The number of hydrogen-bond donors (Lipinski definition) is 1. The van der Waals surface area contributed by atoms with Crippen LogP contribution >= 0.6 is 0 Å². The van der Waals surface area contributed by atoms with Gasteiger partial charge in [0.1, 0.15) is 5.82 Å². The molecule has 1 N–H and O–H groups in total. The van der Waals surface area contributed by atoms with Crippen molar-refractivity contribution in [3.05, 3.63) is 101 Å². The highest BCUT2D eigenvalue weighted by Gasteiger charge is 2.12. The largest absolute Gasteiger partial charge is 0.465 e. The van der Waals surface area contributed by atoms with Crippen molar-refractivity contribution in [3.8, 4) is 0 Å². The number of hydrogen-bond acceptors (Lipinski definition) is 3.